The predicted molar refractivity (Wildman–Crippen MR) is 101 cm³/mol. The van der Waals surface area contributed by atoms with Crippen LogP contribution in [-0.2, 0) is 4.74 Å². The highest BCUT2D eigenvalue weighted by Crippen LogP contribution is 2.41. The molecule has 1 aromatic heterocycles. The lowest BCUT2D eigenvalue weighted by Crippen LogP contribution is -2.54. The van der Waals surface area contributed by atoms with Crippen molar-refractivity contribution in [1.29, 1.82) is 0 Å². The van der Waals surface area contributed by atoms with Crippen molar-refractivity contribution in [2.75, 3.05) is 6.61 Å². The maximum Gasteiger partial charge on any atom is 0.402 e. The molecule has 3 aromatic rings. The summed E-state index contributed by atoms with van der Waals surface area (Å²) in [5.41, 5.74) is 0.346. The molecular formula is C20H19O10+. The number of aliphatic hydroxyl groups excluding tert-OH is 3. The minimum atomic E-state index is -1.58. The molecule has 0 aliphatic carbocycles. The zero-order chi connectivity index (χ0) is 21.6. The number of aromatic hydroxyl groups is 4. The van der Waals surface area contributed by atoms with Crippen molar-refractivity contribution in [3.05, 3.63) is 36.4 Å². The summed E-state index contributed by atoms with van der Waals surface area (Å²) in [6, 6.07) is 7.56. The van der Waals surface area contributed by atoms with Crippen molar-refractivity contribution >= 4 is 11.0 Å². The summed E-state index contributed by atoms with van der Waals surface area (Å²) in [7, 11) is 0. The van der Waals surface area contributed by atoms with Crippen molar-refractivity contribution in [2.24, 2.45) is 0 Å². The Morgan fingerprint density at radius 2 is 1.63 bits per heavy atom. The Morgan fingerprint density at radius 1 is 0.867 bits per heavy atom. The van der Waals surface area contributed by atoms with E-state index in [1.54, 1.807) is 0 Å². The normalized spacial score (nSPS) is 24.1. The summed E-state index contributed by atoms with van der Waals surface area (Å²) in [5, 5.41) is 69.1. The van der Waals surface area contributed by atoms with Gasteiger partial charge in [0.25, 0.3) is 0 Å². The Bertz CT molecular complexity index is 1100. The van der Waals surface area contributed by atoms with Gasteiger partial charge in [-0.3, -0.25) is 0 Å². The number of phenolic OH excluding ortho intramolecular Hbond substituents is 4. The standard InChI is InChI=1S/C20H18O10/c21-9-4-12(23)10-6-16(30-20-18(27)17(26)14(25)7-28-20)19(29-15(10)5-9)8-1-2-11(22)13(24)3-8/h1-6,14,17-18,20,25-27H,7H2,(H3-,21,22,23,24)/p+1/t14-,17+,18-,20+/m1/s1. The van der Waals surface area contributed by atoms with Gasteiger partial charge in [0.15, 0.2) is 11.5 Å². The van der Waals surface area contributed by atoms with Crippen molar-refractivity contribution in [3.8, 4) is 40.1 Å². The number of benzene rings is 2. The van der Waals surface area contributed by atoms with Crippen LogP contribution < -0.4 is 4.74 Å². The molecule has 0 spiro atoms. The fraction of sp³-hybridized carbons (Fsp3) is 0.250. The third-order valence-corrected chi connectivity index (χ3v) is 4.75. The molecule has 10 nitrogen and oxygen atoms in total. The second kappa shape index (κ2) is 7.50. The van der Waals surface area contributed by atoms with Gasteiger partial charge < -0.3 is 45.2 Å². The average Bonchev–Trinajstić information content (AvgIpc) is 2.70. The van der Waals surface area contributed by atoms with Crippen LogP contribution in [0.5, 0.6) is 28.7 Å². The molecule has 0 saturated carbocycles. The van der Waals surface area contributed by atoms with Gasteiger partial charge in [0, 0.05) is 18.2 Å². The average molecular weight is 419 g/mol. The largest absolute Gasteiger partial charge is 0.507 e. The van der Waals surface area contributed by atoms with Gasteiger partial charge in [0.1, 0.15) is 35.2 Å². The van der Waals surface area contributed by atoms with E-state index in [1.807, 2.05) is 0 Å². The number of rotatable bonds is 3. The fourth-order valence-electron chi connectivity index (χ4n) is 3.15. The van der Waals surface area contributed by atoms with Gasteiger partial charge in [-0.15, -0.1) is 0 Å². The first kappa shape index (κ1) is 20.0. The fourth-order valence-corrected chi connectivity index (χ4v) is 3.15. The molecule has 30 heavy (non-hydrogen) atoms. The summed E-state index contributed by atoms with van der Waals surface area (Å²) < 4.78 is 16.7. The SMILES string of the molecule is Oc1cc(O)c2cc(O[C@@H]3OC[C@@H](O)[C@H](O)[C@H]3O)c(-c3ccc(O)c(O)c3)[o+]c2c1. The number of phenols is 4. The van der Waals surface area contributed by atoms with E-state index < -0.39 is 30.4 Å². The molecule has 0 bridgehead atoms. The van der Waals surface area contributed by atoms with Gasteiger partial charge in [-0.1, -0.05) is 0 Å². The third kappa shape index (κ3) is 3.53. The van der Waals surface area contributed by atoms with Crippen LogP contribution in [0.2, 0.25) is 0 Å². The second-order valence-corrected chi connectivity index (χ2v) is 6.89. The van der Waals surface area contributed by atoms with Gasteiger partial charge in [0.2, 0.25) is 12.0 Å². The number of ether oxygens (including phenoxy) is 2. The molecule has 7 N–H and O–H groups in total. The summed E-state index contributed by atoms with van der Waals surface area (Å²) in [6.45, 7) is -0.290. The van der Waals surface area contributed by atoms with Gasteiger partial charge in [-0.2, -0.15) is 0 Å². The lowest BCUT2D eigenvalue weighted by molar-refractivity contribution is -0.242. The van der Waals surface area contributed by atoms with E-state index in [4.69, 9.17) is 13.9 Å². The molecule has 0 radical (unpaired) electrons. The maximum absolute atomic E-state index is 10.2. The molecule has 1 saturated heterocycles. The molecule has 2 heterocycles. The van der Waals surface area contributed by atoms with Crippen LogP contribution in [0, 0.1) is 0 Å². The highest BCUT2D eigenvalue weighted by atomic mass is 16.7. The van der Waals surface area contributed by atoms with Gasteiger partial charge in [-0.05, 0) is 12.1 Å². The van der Waals surface area contributed by atoms with Gasteiger partial charge in [0.05, 0.1) is 18.2 Å². The Balaban J connectivity index is 1.84. The molecular weight excluding hydrogens is 400 g/mol. The van der Waals surface area contributed by atoms with Crippen molar-refractivity contribution < 1.29 is 49.6 Å². The molecule has 1 aliphatic rings. The number of hydrogen-bond acceptors (Lipinski definition) is 9. The van der Waals surface area contributed by atoms with E-state index in [9.17, 15) is 35.7 Å². The zero-order valence-electron chi connectivity index (χ0n) is 15.3. The van der Waals surface area contributed by atoms with Crippen LogP contribution in [0.4, 0.5) is 0 Å². The molecule has 0 amide bonds. The predicted octanol–water partition coefficient (Wildman–Crippen LogP) is 1.02. The molecule has 1 fully saturated rings. The van der Waals surface area contributed by atoms with Crippen molar-refractivity contribution in [2.45, 2.75) is 24.6 Å². The van der Waals surface area contributed by atoms with E-state index in [2.05, 4.69) is 0 Å². The first-order valence-electron chi connectivity index (χ1n) is 8.92. The minimum Gasteiger partial charge on any atom is -0.507 e. The van der Waals surface area contributed by atoms with E-state index in [0.29, 0.717) is 0 Å². The third-order valence-electron chi connectivity index (χ3n) is 4.75. The number of fused-ring (bicyclic) bond motifs is 1. The topological polar surface area (TPSA) is 171 Å². The first-order chi connectivity index (χ1) is 14.2. The Morgan fingerprint density at radius 3 is 2.37 bits per heavy atom. The number of hydrogen-bond donors (Lipinski definition) is 7. The van der Waals surface area contributed by atoms with E-state index in [0.717, 1.165) is 6.07 Å². The lowest BCUT2D eigenvalue weighted by Gasteiger charge is -2.34. The zero-order valence-corrected chi connectivity index (χ0v) is 15.3. The smallest absolute Gasteiger partial charge is 0.402 e. The van der Waals surface area contributed by atoms with Crippen LogP contribution in [-0.4, -0.2) is 67.0 Å². The highest BCUT2D eigenvalue weighted by molar-refractivity contribution is 5.88. The number of aliphatic hydroxyl groups is 3. The summed E-state index contributed by atoms with van der Waals surface area (Å²) in [6.07, 6.45) is -5.76. The quantitative estimate of drug-likeness (QED) is 0.240. The van der Waals surface area contributed by atoms with Crippen LogP contribution in [0.1, 0.15) is 0 Å². The Hall–Kier alpha value is -3.31. The van der Waals surface area contributed by atoms with Crippen LogP contribution in [0.3, 0.4) is 0 Å². The highest BCUT2D eigenvalue weighted by Gasteiger charge is 2.40. The monoisotopic (exact) mass is 419 g/mol. The Labute approximate surface area is 169 Å². The molecule has 10 heteroatoms. The van der Waals surface area contributed by atoms with E-state index in [-0.39, 0.29) is 51.9 Å². The lowest BCUT2D eigenvalue weighted by atomic mass is 10.1. The first-order valence-corrected chi connectivity index (χ1v) is 8.92. The maximum atomic E-state index is 10.2. The van der Waals surface area contributed by atoms with Crippen molar-refractivity contribution in [3.63, 3.8) is 0 Å². The summed E-state index contributed by atoms with van der Waals surface area (Å²) in [5.74, 6) is -1.37. The molecule has 4 rings (SSSR count). The van der Waals surface area contributed by atoms with Crippen LogP contribution >= 0.6 is 0 Å². The molecule has 4 atom stereocenters. The van der Waals surface area contributed by atoms with E-state index in [1.165, 1.54) is 30.3 Å². The summed E-state index contributed by atoms with van der Waals surface area (Å²) in [4.78, 5) is 0. The molecule has 2 aromatic carbocycles. The van der Waals surface area contributed by atoms with Crippen LogP contribution in [0.15, 0.2) is 40.8 Å². The second-order valence-electron chi connectivity index (χ2n) is 6.89. The molecule has 158 valence electrons. The molecule has 0 unspecified atom stereocenters. The Kier molecular flexibility index (Phi) is 5.00. The van der Waals surface area contributed by atoms with Crippen LogP contribution in [0.25, 0.3) is 22.3 Å². The minimum absolute atomic E-state index is 0.0132. The summed E-state index contributed by atoms with van der Waals surface area (Å²) >= 11 is 0. The molecule has 1 aliphatic heterocycles. The van der Waals surface area contributed by atoms with Crippen molar-refractivity contribution in [1.82, 2.24) is 0 Å². The van der Waals surface area contributed by atoms with Gasteiger partial charge >= 0.3 is 11.3 Å². The van der Waals surface area contributed by atoms with E-state index >= 15 is 0 Å². The van der Waals surface area contributed by atoms with Gasteiger partial charge in [-0.25, -0.2) is 4.42 Å².